The van der Waals surface area contributed by atoms with E-state index in [1.807, 2.05) is 38.1 Å². The summed E-state index contributed by atoms with van der Waals surface area (Å²) in [6.45, 7) is 7.11. The van der Waals surface area contributed by atoms with Crippen molar-refractivity contribution >= 4 is 17.5 Å². The molecule has 26 heavy (non-hydrogen) atoms. The number of nitrogens with one attached hydrogen (secondary N) is 1. The fourth-order valence-electron chi connectivity index (χ4n) is 3.09. The van der Waals surface area contributed by atoms with Crippen LogP contribution in [0.15, 0.2) is 36.7 Å². The summed E-state index contributed by atoms with van der Waals surface area (Å²) in [5, 5.41) is 3.00. The van der Waals surface area contributed by atoms with Crippen LogP contribution in [0.4, 0.5) is 11.6 Å². The topological polar surface area (TPSA) is 70.6 Å². The lowest BCUT2D eigenvalue weighted by atomic mass is 10.1. The molecule has 0 saturated carbocycles. The van der Waals surface area contributed by atoms with Gasteiger partial charge in [-0.05, 0) is 37.6 Å². The lowest BCUT2D eigenvalue weighted by Gasteiger charge is -2.37. The minimum atomic E-state index is -0.223. The first kappa shape index (κ1) is 18.1. The number of benzene rings is 1. The van der Waals surface area contributed by atoms with Crippen LogP contribution in [0.3, 0.4) is 0 Å². The zero-order valence-electron chi connectivity index (χ0n) is 15.5. The van der Waals surface area contributed by atoms with E-state index in [-0.39, 0.29) is 11.9 Å². The van der Waals surface area contributed by atoms with Crippen LogP contribution < -0.4 is 15.0 Å². The largest absolute Gasteiger partial charge is 0.495 e. The van der Waals surface area contributed by atoms with Gasteiger partial charge in [-0.3, -0.25) is 9.69 Å². The number of carbonyl (C=O) groups is 1. The van der Waals surface area contributed by atoms with Crippen LogP contribution >= 0.6 is 0 Å². The molecule has 7 heteroatoms. The molecule has 0 spiro atoms. The number of anilines is 2. The van der Waals surface area contributed by atoms with Crippen LogP contribution in [0.5, 0.6) is 5.75 Å². The Hall–Kier alpha value is -2.67. The van der Waals surface area contributed by atoms with E-state index in [9.17, 15) is 4.79 Å². The average molecular weight is 355 g/mol. The number of carbonyl (C=O) groups excluding carboxylic acids is 1. The monoisotopic (exact) mass is 355 g/mol. The van der Waals surface area contributed by atoms with Gasteiger partial charge in [-0.25, -0.2) is 9.97 Å². The maximum absolute atomic E-state index is 12.7. The summed E-state index contributed by atoms with van der Waals surface area (Å²) in [6.07, 6.45) is 3.50. The highest BCUT2D eigenvalue weighted by Gasteiger charge is 2.26. The Labute approximate surface area is 154 Å². The number of methoxy groups -OCH3 is 1. The van der Waals surface area contributed by atoms with Crippen LogP contribution in [0.1, 0.15) is 12.5 Å². The summed E-state index contributed by atoms with van der Waals surface area (Å²) < 4.78 is 5.34. The van der Waals surface area contributed by atoms with Gasteiger partial charge in [0.05, 0.1) is 18.8 Å². The Bertz CT molecular complexity index is 745. The molecule has 2 heterocycles. The Kier molecular flexibility index (Phi) is 5.68. The standard InChI is InChI=1S/C19H25N5O2/c1-14-5-6-17(26-3)16(13-14)22-18(25)15(2)23-9-11-24(12-10-23)19-20-7-4-8-21-19/h4-8,13,15H,9-12H2,1-3H3,(H,22,25)/t15-/m0/s1. The van der Waals surface area contributed by atoms with Crippen molar-refractivity contribution in [3.8, 4) is 5.75 Å². The van der Waals surface area contributed by atoms with Gasteiger partial charge in [0.2, 0.25) is 11.9 Å². The van der Waals surface area contributed by atoms with Gasteiger partial charge in [0.25, 0.3) is 0 Å². The second-order valence-corrected chi connectivity index (χ2v) is 6.44. The van der Waals surface area contributed by atoms with Crippen LogP contribution in [0.25, 0.3) is 0 Å². The van der Waals surface area contributed by atoms with Gasteiger partial charge in [-0.15, -0.1) is 0 Å². The van der Waals surface area contributed by atoms with Gasteiger partial charge in [0.15, 0.2) is 0 Å². The number of nitrogens with zero attached hydrogens (tertiary/aromatic N) is 4. The number of aromatic nitrogens is 2. The Balaban J connectivity index is 1.59. The van der Waals surface area contributed by atoms with E-state index in [2.05, 4.69) is 25.1 Å². The average Bonchev–Trinajstić information content (AvgIpc) is 2.68. The van der Waals surface area contributed by atoms with Gasteiger partial charge in [0.1, 0.15) is 5.75 Å². The first-order chi connectivity index (χ1) is 12.6. The molecule has 0 bridgehead atoms. The van der Waals surface area contributed by atoms with Crippen molar-refractivity contribution in [1.82, 2.24) is 14.9 Å². The number of rotatable bonds is 5. The summed E-state index contributed by atoms with van der Waals surface area (Å²) in [6, 6.07) is 7.34. The summed E-state index contributed by atoms with van der Waals surface area (Å²) >= 11 is 0. The molecule has 2 aromatic rings. The summed E-state index contributed by atoms with van der Waals surface area (Å²) in [7, 11) is 1.61. The third kappa shape index (κ3) is 4.11. The Morgan fingerprint density at radius 2 is 1.88 bits per heavy atom. The Morgan fingerprint density at radius 3 is 2.54 bits per heavy atom. The highest BCUT2D eigenvalue weighted by molar-refractivity contribution is 5.96. The number of amides is 1. The van der Waals surface area contributed by atoms with Crippen LogP contribution in [-0.2, 0) is 4.79 Å². The highest BCUT2D eigenvalue weighted by atomic mass is 16.5. The minimum absolute atomic E-state index is 0.0293. The minimum Gasteiger partial charge on any atom is -0.495 e. The predicted molar refractivity (Wildman–Crippen MR) is 102 cm³/mol. The summed E-state index contributed by atoms with van der Waals surface area (Å²) in [5.41, 5.74) is 1.78. The van der Waals surface area contributed by atoms with Crippen molar-refractivity contribution in [2.45, 2.75) is 19.9 Å². The molecule has 1 saturated heterocycles. The van der Waals surface area contributed by atoms with Crippen molar-refractivity contribution in [1.29, 1.82) is 0 Å². The van der Waals surface area contributed by atoms with E-state index in [4.69, 9.17) is 4.74 Å². The molecule has 1 aromatic carbocycles. The second kappa shape index (κ2) is 8.14. The van der Waals surface area contributed by atoms with Gasteiger partial charge in [-0.2, -0.15) is 0 Å². The van der Waals surface area contributed by atoms with E-state index < -0.39 is 0 Å². The maximum atomic E-state index is 12.7. The second-order valence-electron chi connectivity index (χ2n) is 6.44. The maximum Gasteiger partial charge on any atom is 0.241 e. The lowest BCUT2D eigenvalue weighted by Crippen LogP contribution is -2.53. The Morgan fingerprint density at radius 1 is 1.19 bits per heavy atom. The molecule has 1 N–H and O–H groups in total. The van der Waals surface area contributed by atoms with Gasteiger partial charge < -0.3 is 15.0 Å². The molecule has 1 atom stereocenters. The van der Waals surface area contributed by atoms with E-state index in [1.165, 1.54) is 0 Å². The van der Waals surface area contributed by atoms with Crippen molar-refractivity contribution in [3.05, 3.63) is 42.2 Å². The molecule has 0 aliphatic carbocycles. The molecule has 0 unspecified atom stereocenters. The van der Waals surface area contributed by atoms with Crippen molar-refractivity contribution < 1.29 is 9.53 Å². The van der Waals surface area contributed by atoms with E-state index >= 15 is 0 Å². The molecule has 0 radical (unpaired) electrons. The normalized spacial score (nSPS) is 16.2. The molecule has 1 amide bonds. The third-order valence-electron chi connectivity index (χ3n) is 4.69. The van der Waals surface area contributed by atoms with E-state index in [0.29, 0.717) is 11.4 Å². The van der Waals surface area contributed by atoms with Crippen molar-refractivity contribution in [3.63, 3.8) is 0 Å². The SMILES string of the molecule is COc1ccc(C)cc1NC(=O)[C@H](C)N1CCN(c2ncccn2)CC1. The number of hydrogen-bond acceptors (Lipinski definition) is 6. The molecular weight excluding hydrogens is 330 g/mol. The zero-order chi connectivity index (χ0) is 18.5. The molecule has 1 fully saturated rings. The molecule has 1 aliphatic heterocycles. The number of piperazine rings is 1. The predicted octanol–water partition coefficient (Wildman–Crippen LogP) is 1.94. The molecular formula is C19H25N5O2. The molecule has 3 rings (SSSR count). The molecule has 1 aliphatic rings. The van der Waals surface area contributed by atoms with Crippen LogP contribution in [0.2, 0.25) is 0 Å². The number of hydrogen-bond donors (Lipinski definition) is 1. The van der Waals surface area contributed by atoms with Gasteiger partial charge >= 0.3 is 0 Å². The third-order valence-corrected chi connectivity index (χ3v) is 4.69. The summed E-state index contributed by atoms with van der Waals surface area (Å²) in [5.74, 6) is 1.38. The van der Waals surface area contributed by atoms with Gasteiger partial charge in [-0.1, -0.05) is 6.07 Å². The highest BCUT2D eigenvalue weighted by Crippen LogP contribution is 2.25. The molecule has 7 nitrogen and oxygen atoms in total. The molecule has 1 aromatic heterocycles. The first-order valence-corrected chi connectivity index (χ1v) is 8.80. The smallest absolute Gasteiger partial charge is 0.241 e. The molecule has 138 valence electrons. The number of ether oxygens (including phenoxy) is 1. The van der Waals surface area contributed by atoms with Crippen LogP contribution in [-0.4, -0.2) is 60.1 Å². The summed E-state index contributed by atoms with van der Waals surface area (Å²) in [4.78, 5) is 25.6. The van der Waals surface area contributed by atoms with Crippen LogP contribution in [0, 0.1) is 6.92 Å². The quantitative estimate of drug-likeness (QED) is 0.884. The fraction of sp³-hybridized carbons (Fsp3) is 0.421. The first-order valence-electron chi connectivity index (χ1n) is 8.80. The zero-order valence-corrected chi connectivity index (χ0v) is 15.5. The van der Waals surface area contributed by atoms with Crippen molar-refractivity contribution in [2.24, 2.45) is 0 Å². The van der Waals surface area contributed by atoms with E-state index in [0.717, 1.165) is 37.7 Å². The fourth-order valence-corrected chi connectivity index (χ4v) is 3.09. The van der Waals surface area contributed by atoms with E-state index in [1.54, 1.807) is 19.5 Å². The lowest BCUT2D eigenvalue weighted by molar-refractivity contribution is -0.120. The number of aryl methyl sites for hydroxylation is 1. The van der Waals surface area contributed by atoms with Crippen molar-refractivity contribution in [2.75, 3.05) is 43.5 Å². The van der Waals surface area contributed by atoms with Gasteiger partial charge in [0, 0.05) is 38.6 Å².